The Hall–Kier alpha value is -1.69. The predicted molar refractivity (Wildman–Crippen MR) is 85.8 cm³/mol. The zero-order chi connectivity index (χ0) is 15.8. The molecule has 2 heterocycles. The summed E-state index contributed by atoms with van der Waals surface area (Å²) in [5.74, 6) is -0.0518. The normalized spacial score (nSPS) is 11.7. The lowest BCUT2D eigenvalue weighted by atomic mass is 9.93. The van der Waals surface area contributed by atoms with Crippen molar-refractivity contribution in [2.45, 2.75) is 46.5 Å². The molecule has 0 aliphatic carbocycles. The van der Waals surface area contributed by atoms with Crippen LogP contribution in [0.25, 0.3) is 0 Å². The zero-order valence-electron chi connectivity index (χ0n) is 13.4. The van der Waals surface area contributed by atoms with Gasteiger partial charge in [-0.15, -0.1) is 11.3 Å². The van der Waals surface area contributed by atoms with Crippen molar-refractivity contribution in [2.75, 3.05) is 5.32 Å². The fraction of sp³-hybridized carbons (Fsp3) is 0.533. The number of amides is 1. The summed E-state index contributed by atoms with van der Waals surface area (Å²) >= 11 is 1.47. The van der Waals surface area contributed by atoms with Gasteiger partial charge in [0.2, 0.25) is 5.91 Å². The van der Waals surface area contributed by atoms with Gasteiger partial charge in [0.1, 0.15) is 0 Å². The highest BCUT2D eigenvalue weighted by Gasteiger charge is 2.19. The van der Waals surface area contributed by atoms with E-state index in [1.165, 1.54) is 11.3 Å². The molecule has 0 saturated heterocycles. The fourth-order valence-corrected chi connectivity index (χ4v) is 3.03. The van der Waals surface area contributed by atoms with Gasteiger partial charge in [0.25, 0.3) is 0 Å². The summed E-state index contributed by atoms with van der Waals surface area (Å²) < 4.78 is 1.80. The van der Waals surface area contributed by atoms with E-state index in [9.17, 15) is 4.79 Å². The molecular weight excluding hydrogens is 284 g/mol. The molecule has 2 rings (SSSR count). The lowest BCUT2D eigenvalue weighted by Gasteiger charge is -2.14. The molecule has 114 valence electrons. The summed E-state index contributed by atoms with van der Waals surface area (Å²) in [6.45, 7) is 10.2. The Kier molecular flexibility index (Phi) is 4.18. The van der Waals surface area contributed by atoms with Crippen molar-refractivity contribution < 1.29 is 4.79 Å². The Morgan fingerprint density at radius 3 is 2.52 bits per heavy atom. The number of carbonyl (C=O) groups is 1. The number of aromatic nitrogens is 3. The molecule has 0 spiro atoms. The van der Waals surface area contributed by atoms with E-state index in [1.54, 1.807) is 4.68 Å². The number of nitrogens with one attached hydrogen (secondary N) is 1. The van der Waals surface area contributed by atoms with Gasteiger partial charge in [-0.05, 0) is 13.8 Å². The van der Waals surface area contributed by atoms with E-state index < -0.39 is 0 Å². The number of nitrogens with zero attached hydrogens (tertiary/aromatic N) is 3. The summed E-state index contributed by atoms with van der Waals surface area (Å²) in [6, 6.07) is 0. The summed E-state index contributed by atoms with van der Waals surface area (Å²) in [5.41, 5.74) is 3.91. The monoisotopic (exact) mass is 306 g/mol. The SMILES string of the molecule is Cc1nn(C)c(C)c1CC(=O)Nc1nc(C(C)(C)C)cs1. The Labute approximate surface area is 129 Å². The molecule has 0 aromatic carbocycles. The maximum atomic E-state index is 12.2. The van der Waals surface area contributed by atoms with Crippen molar-refractivity contribution in [3.63, 3.8) is 0 Å². The maximum absolute atomic E-state index is 12.2. The summed E-state index contributed by atoms with van der Waals surface area (Å²) in [6.07, 6.45) is 0.329. The lowest BCUT2D eigenvalue weighted by Crippen LogP contribution is -2.16. The number of anilines is 1. The number of hydrogen-bond acceptors (Lipinski definition) is 4. The van der Waals surface area contributed by atoms with E-state index in [0.717, 1.165) is 22.6 Å². The van der Waals surface area contributed by atoms with Gasteiger partial charge in [-0.1, -0.05) is 20.8 Å². The van der Waals surface area contributed by atoms with E-state index in [2.05, 4.69) is 36.2 Å². The third-order valence-electron chi connectivity index (χ3n) is 3.52. The highest BCUT2D eigenvalue weighted by atomic mass is 32.1. The first-order valence-electron chi connectivity index (χ1n) is 6.93. The van der Waals surface area contributed by atoms with E-state index >= 15 is 0 Å². The molecule has 2 aromatic rings. The van der Waals surface area contributed by atoms with Crippen LogP contribution in [0.3, 0.4) is 0 Å². The van der Waals surface area contributed by atoms with Gasteiger partial charge in [-0.25, -0.2) is 4.98 Å². The summed E-state index contributed by atoms with van der Waals surface area (Å²) in [5, 5.41) is 9.86. The molecular formula is C15H22N4OS. The Bertz CT molecular complexity index is 664. The first-order chi connectivity index (χ1) is 9.68. The fourth-order valence-electron chi connectivity index (χ4n) is 2.07. The third-order valence-corrected chi connectivity index (χ3v) is 4.27. The van der Waals surface area contributed by atoms with E-state index in [4.69, 9.17) is 0 Å². The minimum Gasteiger partial charge on any atom is -0.302 e. The van der Waals surface area contributed by atoms with Crippen LogP contribution >= 0.6 is 11.3 Å². The smallest absolute Gasteiger partial charge is 0.230 e. The van der Waals surface area contributed by atoms with Gasteiger partial charge in [0, 0.05) is 29.1 Å². The van der Waals surface area contributed by atoms with Crippen molar-refractivity contribution in [2.24, 2.45) is 7.05 Å². The number of thiazole rings is 1. The van der Waals surface area contributed by atoms with Crippen LogP contribution in [-0.2, 0) is 23.7 Å². The van der Waals surface area contributed by atoms with Crippen LogP contribution in [0.2, 0.25) is 0 Å². The molecule has 0 bridgehead atoms. The molecule has 0 aliphatic rings. The van der Waals surface area contributed by atoms with Crippen molar-refractivity contribution in [1.82, 2.24) is 14.8 Å². The van der Waals surface area contributed by atoms with E-state index in [-0.39, 0.29) is 11.3 Å². The molecule has 1 amide bonds. The number of aryl methyl sites for hydroxylation is 2. The minimum absolute atomic E-state index is 0.00396. The second kappa shape index (κ2) is 5.60. The lowest BCUT2D eigenvalue weighted by molar-refractivity contribution is -0.115. The molecule has 5 nitrogen and oxygen atoms in total. The summed E-state index contributed by atoms with van der Waals surface area (Å²) in [7, 11) is 1.89. The van der Waals surface area contributed by atoms with E-state index in [0.29, 0.717) is 11.6 Å². The van der Waals surface area contributed by atoms with Crippen LogP contribution in [0.15, 0.2) is 5.38 Å². The predicted octanol–water partition coefficient (Wildman–Crippen LogP) is 2.97. The minimum atomic E-state index is -0.0518. The van der Waals surface area contributed by atoms with Crippen LogP contribution in [0.1, 0.15) is 43.4 Å². The zero-order valence-corrected chi connectivity index (χ0v) is 14.3. The van der Waals surface area contributed by atoms with Crippen LogP contribution in [0, 0.1) is 13.8 Å². The maximum Gasteiger partial charge on any atom is 0.230 e. The van der Waals surface area contributed by atoms with Gasteiger partial charge in [-0.2, -0.15) is 5.10 Å². The van der Waals surface area contributed by atoms with Crippen LogP contribution in [0.4, 0.5) is 5.13 Å². The Balaban J connectivity index is 2.07. The molecule has 2 aromatic heterocycles. The quantitative estimate of drug-likeness (QED) is 0.948. The molecule has 21 heavy (non-hydrogen) atoms. The average Bonchev–Trinajstić information content (AvgIpc) is 2.90. The Morgan fingerprint density at radius 2 is 2.05 bits per heavy atom. The third kappa shape index (κ3) is 3.50. The molecule has 0 fully saturated rings. The second-order valence-corrected chi connectivity index (χ2v) is 7.14. The van der Waals surface area contributed by atoms with E-state index in [1.807, 2.05) is 26.3 Å². The average molecular weight is 306 g/mol. The first kappa shape index (κ1) is 15.7. The molecule has 1 N–H and O–H groups in total. The highest BCUT2D eigenvalue weighted by Crippen LogP contribution is 2.26. The molecule has 0 aliphatic heterocycles. The van der Waals surface area contributed by atoms with Gasteiger partial charge in [-0.3, -0.25) is 9.48 Å². The number of hydrogen-bond donors (Lipinski definition) is 1. The van der Waals surface area contributed by atoms with Crippen molar-refractivity contribution in [3.05, 3.63) is 28.0 Å². The van der Waals surface area contributed by atoms with Crippen molar-refractivity contribution >= 4 is 22.4 Å². The molecule has 0 unspecified atom stereocenters. The summed E-state index contributed by atoms with van der Waals surface area (Å²) in [4.78, 5) is 16.7. The number of carbonyl (C=O) groups excluding carboxylic acids is 1. The van der Waals surface area contributed by atoms with Gasteiger partial charge in [0.05, 0.1) is 17.8 Å². The van der Waals surface area contributed by atoms with Crippen molar-refractivity contribution in [3.8, 4) is 0 Å². The molecule has 0 atom stereocenters. The van der Waals surface area contributed by atoms with Crippen LogP contribution < -0.4 is 5.32 Å². The van der Waals surface area contributed by atoms with Crippen LogP contribution in [-0.4, -0.2) is 20.7 Å². The van der Waals surface area contributed by atoms with Gasteiger partial charge >= 0.3 is 0 Å². The molecule has 0 radical (unpaired) electrons. The molecule has 6 heteroatoms. The van der Waals surface area contributed by atoms with Gasteiger partial charge in [0.15, 0.2) is 5.13 Å². The standard InChI is InChI=1S/C15H22N4OS/c1-9-11(10(2)19(6)18-9)7-13(20)17-14-16-12(8-21-14)15(3,4)5/h8H,7H2,1-6H3,(H,16,17,20). The molecule has 0 saturated carbocycles. The topological polar surface area (TPSA) is 59.8 Å². The second-order valence-electron chi connectivity index (χ2n) is 6.29. The largest absolute Gasteiger partial charge is 0.302 e. The van der Waals surface area contributed by atoms with Crippen molar-refractivity contribution in [1.29, 1.82) is 0 Å². The van der Waals surface area contributed by atoms with Crippen LogP contribution in [0.5, 0.6) is 0 Å². The van der Waals surface area contributed by atoms with Gasteiger partial charge < -0.3 is 5.32 Å². The number of rotatable bonds is 3. The first-order valence-corrected chi connectivity index (χ1v) is 7.81. The highest BCUT2D eigenvalue weighted by molar-refractivity contribution is 7.13. The Morgan fingerprint density at radius 1 is 1.38 bits per heavy atom.